The Balaban J connectivity index is 1.85. The Morgan fingerprint density at radius 1 is 1.63 bits per heavy atom. The second kappa shape index (κ2) is 6.08. The fourth-order valence-electron chi connectivity index (χ4n) is 2.30. The molecule has 0 bridgehead atoms. The van der Waals surface area contributed by atoms with Crippen molar-refractivity contribution in [2.45, 2.75) is 13.0 Å². The van der Waals surface area contributed by atoms with Gasteiger partial charge in [0.2, 0.25) is 0 Å². The first-order chi connectivity index (χ1) is 9.10. The lowest BCUT2D eigenvalue weighted by Crippen LogP contribution is -2.47. The fourth-order valence-corrected chi connectivity index (χ4v) is 2.30. The largest absolute Gasteiger partial charge is 0.397 e. The van der Waals surface area contributed by atoms with Crippen LogP contribution in [0, 0.1) is 0 Å². The molecule has 1 atom stereocenters. The summed E-state index contributed by atoms with van der Waals surface area (Å²) in [5.74, 6) is -0.114. The quantitative estimate of drug-likeness (QED) is 0.808. The van der Waals surface area contributed by atoms with Gasteiger partial charge in [0, 0.05) is 32.9 Å². The molecule has 1 aliphatic rings. The topological polar surface area (TPSA) is 72.5 Å². The minimum atomic E-state index is -0.114. The molecular formula is C13H22N4O2. The van der Waals surface area contributed by atoms with Crippen molar-refractivity contribution in [1.82, 2.24) is 14.8 Å². The van der Waals surface area contributed by atoms with Crippen LogP contribution in [-0.4, -0.2) is 54.3 Å². The number of carbonyl (C=O) groups is 1. The van der Waals surface area contributed by atoms with Crippen LogP contribution < -0.4 is 11.1 Å². The van der Waals surface area contributed by atoms with E-state index in [-0.39, 0.29) is 12.0 Å². The summed E-state index contributed by atoms with van der Waals surface area (Å²) in [5.41, 5.74) is 6.83. The molecule has 1 aromatic rings. The molecule has 3 N–H and O–H groups in total. The predicted octanol–water partition coefficient (Wildman–Crippen LogP) is 0.0578. The second-order valence-corrected chi connectivity index (χ2v) is 4.87. The number of rotatable bonds is 4. The molecule has 0 radical (unpaired) electrons. The molecule has 6 nitrogen and oxygen atoms in total. The van der Waals surface area contributed by atoms with Crippen molar-refractivity contribution in [3.05, 3.63) is 18.0 Å². The lowest BCUT2D eigenvalue weighted by molar-refractivity contribution is -0.0246. The van der Waals surface area contributed by atoms with Crippen LogP contribution >= 0.6 is 0 Å². The van der Waals surface area contributed by atoms with E-state index in [9.17, 15) is 4.79 Å². The fraction of sp³-hybridized carbons (Fsp3) is 0.615. The molecule has 1 amide bonds. The van der Waals surface area contributed by atoms with E-state index < -0.39 is 0 Å². The van der Waals surface area contributed by atoms with E-state index >= 15 is 0 Å². The maximum Gasteiger partial charge on any atom is 0.268 e. The first-order valence-electron chi connectivity index (χ1n) is 6.64. The summed E-state index contributed by atoms with van der Waals surface area (Å²) in [5, 5.41) is 2.90. The van der Waals surface area contributed by atoms with Crippen molar-refractivity contribution < 1.29 is 9.53 Å². The maximum absolute atomic E-state index is 12.0. The first-order valence-corrected chi connectivity index (χ1v) is 6.64. The third-order valence-corrected chi connectivity index (χ3v) is 3.42. The highest BCUT2D eigenvalue weighted by molar-refractivity contribution is 5.93. The summed E-state index contributed by atoms with van der Waals surface area (Å²) in [6.45, 7) is 6.24. The molecule has 2 rings (SSSR count). The summed E-state index contributed by atoms with van der Waals surface area (Å²) in [4.78, 5) is 14.3. The zero-order valence-electron chi connectivity index (χ0n) is 11.6. The van der Waals surface area contributed by atoms with Crippen LogP contribution in [0.4, 0.5) is 5.69 Å². The van der Waals surface area contributed by atoms with Gasteiger partial charge in [-0.3, -0.25) is 9.69 Å². The van der Waals surface area contributed by atoms with Gasteiger partial charge in [0.15, 0.2) is 0 Å². The number of morpholine rings is 1. The van der Waals surface area contributed by atoms with Crippen LogP contribution in [-0.2, 0) is 11.8 Å². The van der Waals surface area contributed by atoms with Crippen molar-refractivity contribution in [3.8, 4) is 0 Å². The van der Waals surface area contributed by atoms with Gasteiger partial charge >= 0.3 is 0 Å². The average molecular weight is 266 g/mol. The number of hydrogen-bond donors (Lipinski definition) is 2. The molecule has 0 saturated carbocycles. The highest BCUT2D eigenvalue weighted by Gasteiger charge is 2.20. The lowest BCUT2D eigenvalue weighted by atomic mass is 10.2. The summed E-state index contributed by atoms with van der Waals surface area (Å²) < 4.78 is 7.37. The Labute approximate surface area is 113 Å². The van der Waals surface area contributed by atoms with Gasteiger partial charge in [0.25, 0.3) is 5.91 Å². The standard InChI is InChI=1S/C13H22N4O2/c1-3-17-4-5-19-11(9-17)7-15-13(18)12-6-10(14)8-16(12)2/h6,8,11H,3-5,7,9,14H2,1-2H3,(H,15,18). The number of amides is 1. The Bertz CT molecular complexity index is 444. The number of anilines is 1. The first kappa shape index (κ1) is 13.9. The minimum absolute atomic E-state index is 0.0651. The van der Waals surface area contributed by atoms with Crippen molar-refractivity contribution in [3.63, 3.8) is 0 Å². The molecule has 19 heavy (non-hydrogen) atoms. The van der Waals surface area contributed by atoms with Crippen LogP contribution in [0.5, 0.6) is 0 Å². The van der Waals surface area contributed by atoms with Gasteiger partial charge < -0.3 is 20.4 Å². The van der Waals surface area contributed by atoms with Gasteiger partial charge in [-0.2, -0.15) is 0 Å². The smallest absolute Gasteiger partial charge is 0.268 e. The third-order valence-electron chi connectivity index (χ3n) is 3.42. The van der Waals surface area contributed by atoms with Gasteiger partial charge in [-0.15, -0.1) is 0 Å². The number of aromatic nitrogens is 1. The second-order valence-electron chi connectivity index (χ2n) is 4.87. The molecule has 0 aliphatic carbocycles. The SMILES string of the molecule is CCN1CCOC(CNC(=O)c2cc(N)cn2C)C1. The molecular weight excluding hydrogens is 244 g/mol. The number of nitrogens with one attached hydrogen (secondary N) is 1. The Morgan fingerprint density at radius 2 is 2.42 bits per heavy atom. The van der Waals surface area contributed by atoms with Crippen molar-refractivity contribution in [1.29, 1.82) is 0 Å². The normalized spacial score (nSPS) is 20.4. The molecule has 0 aromatic carbocycles. The van der Waals surface area contributed by atoms with E-state index in [0.717, 1.165) is 26.2 Å². The molecule has 1 unspecified atom stereocenters. The van der Waals surface area contributed by atoms with Crippen LogP contribution in [0.2, 0.25) is 0 Å². The highest BCUT2D eigenvalue weighted by Crippen LogP contribution is 2.09. The number of hydrogen-bond acceptors (Lipinski definition) is 4. The lowest BCUT2D eigenvalue weighted by Gasteiger charge is -2.32. The van der Waals surface area contributed by atoms with Gasteiger partial charge in [0.1, 0.15) is 5.69 Å². The minimum Gasteiger partial charge on any atom is -0.397 e. The van der Waals surface area contributed by atoms with Gasteiger partial charge in [-0.05, 0) is 12.6 Å². The predicted molar refractivity (Wildman–Crippen MR) is 74.0 cm³/mol. The number of nitrogen functional groups attached to an aromatic ring is 1. The van der Waals surface area contributed by atoms with E-state index in [1.807, 2.05) is 0 Å². The molecule has 1 aliphatic heterocycles. The zero-order chi connectivity index (χ0) is 13.8. The van der Waals surface area contributed by atoms with Gasteiger partial charge in [-0.25, -0.2) is 0 Å². The number of nitrogens with zero attached hydrogens (tertiary/aromatic N) is 2. The Kier molecular flexibility index (Phi) is 4.44. The molecule has 6 heteroatoms. The van der Waals surface area contributed by atoms with E-state index in [0.29, 0.717) is 17.9 Å². The Hall–Kier alpha value is -1.53. The molecule has 1 saturated heterocycles. The third kappa shape index (κ3) is 3.48. The van der Waals surface area contributed by atoms with Crippen molar-refractivity contribution >= 4 is 11.6 Å². The monoisotopic (exact) mass is 266 g/mol. The summed E-state index contributed by atoms with van der Waals surface area (Å²) in [7, 11) is 1.81. The van der Waals surface area contributed by atoms with Crippen molar-refractivity contribution in [2.24, 2.45) is 7.05 Å². The summed E-state index contributed by atoms with van der Waals surface area (Å²) >= 11 is 0. The van der Waals surface area contributed by atoms with E-state index in [1.165, 1.54) is 0 Å². The Morgan fingerprint density at radius 3 is 3.05 bits per heavy atom. The zero-order valence-corrected chi connectivity index (χ0v) is 11.6. The summed E-state index contributed by atoms with van der Waals surface area (Å²) in [6.07, 6.45) is 1.79. The average Bonchev–Trinajstić information content (AvgIpc) is 2.75. The number of nitrogens with two attached hydrogens (primary N) is 1. The van der Waals surface area contributed by atoms with Crippen LogP contribution in [0.15, 0.2) is 12.3 Å². The molecule has 1 aromatic heterocycles. The van der Waals surface area contributed by atoms with Crippen molar-refractivity contribution in [2.75, 3.05) is 38.5 Å². The number of carbonyl (C=O) groups excluding carboxylic acids is 1. The van der Waals surface area contributed by atoms with E-state index in [1.54, 1.807) is 23.9 Å². The van der Waals surface area contributed by atoms with Gasteiger partial charge in [-0.1, -0.05) is 6.92 Å². The van der Waals surface area contributed by atoms with Crippen LogP contribution in [0.3, 0.4) is 0 Å². The number of likely N-dealkylation sites (N-methyl/N-ethyl adjacent to an activating group) is 1. The molecule has 106 valence electrons. The molecule has 2 heterocycles. The van der Waals surface area contributed by atoms with Gasteiger partial charge in [0.05, 0.1) is 18.4 Å². The highest BCUT2D eigenvalue weighted by atomic mass is 16.5. The number of aryl methyl sites for hydroxylation is 1. The summed E-state index contributed by atoms with van der Waals surface area (Å²) in [6, 6.07) is 1.68. The van der Waals surface area contributed by atoms with Crippen LogP contribution in [0.1, 0.15) is 17.4 Å². The van der Waals surface area contributed by atoms with Crippen LogP contribution in [0.25, 0.3) is 0 Å². The molecule has 0 spiro atoms. The molecule has 1 fully saturated rings. The maximum atomic E-state index is 12.0. The van der Waals surface area contributed by atoms with E-state index in [2.05, 4.69) is 17.1 Å². The van der Waals surface area contributed by atoms with E-state index in [4.69, 9.17) is 10.5 Å². The number of ether oxygens (including phenoxy) is 1.